The largest absolute Gasteiger partial charge is 0.298 e. The SMILES string of the molecule is O=C1CCCN(Cc2cc(Cl)ccc2[N+](=O)[O-])C1. The van der Waals surface area contributed by atoms with Crippen LogP contribution >= 0.6 is 11.6 Å². The maximum absolute atomic E-state index is 11.3. The molecule has 0 unspecified atom stereocenters. The molecule has 0 aliphatic carbocycles. The first-order valence-electron chi connectivity index (χ1n) is 5.73. The van der Waals surface area contributed by atoms with Gasteiger partial charge in [0.2, 0.25) is 0 Å². The number of nitro groups is 1. The summed E-state index contributed by atoms with van der Waals surface area (Å²) >= 11 is 5.86. The Kier molecular flexibility index (Phi) is 3.93. The number of rotatable bonds is 3. The van der Waals surface area contributed by atoms with Crippen LogP contribution in [-0.2, 0) is 11.3 Å². The highest BCUT2D eigenvalue weighted by atomic mass is 35.5. The van der Waals surface area contributed by atoms with E-state index in [-0.39, 0.29) is 11.5 Å². The number of halogens is 1. The van der Waals surface area contributed by atoms with Crippen molar-refractivity contribution in [1.82, 2.24) is 4.90 Å². The molecule has 2 rings (SSSR count). The molecule has 0 N–H and O–H groups in total. The van der Waals surface area contributed by atoms with Gasteiger partial charge in [-0.05, 0) is 25.1 Å². The third-order valence-electron chi connectivity index (χ3n) is 2.96. The van der Waals surface area contributed by atoms with Gasteiger partial charge in [0.15, 0.2) is 0 Å². The summed E-state index contributed by atoms with van der Waals surface area (Å²) in [5, 5.41) is 11.4. The Morgan fingerprint density at radius 1 is 1.44 bits per heavy atom. The van der Waals surface area contributed by atoms with Crippen LogP contribution in [0, 0.1) is 10.1 Å². The van der Waals surface area contributed by atoms with Crippen LogP contribution in [0.15, 0.2) is 18.2 Å². The van der Waals surface area contributed by atoms with E-state index in [9.17, 15) is 14.9 Å². The highest BCUT2D eigenvalue weighted by Crippen LogP contribution is 2.24. The number of hydrogen-bond acceptors (Lipinski definition) is 4. The quantitative estimate of drug-likeness (QED) is 0.624. The van der Waals surface area contributed by atoms with Gasteiger partial charge >= 0.3 is 0 Å². The molecule has 0 radical (unpaired) electrons. The maximum Gasteiger partial charge on any atom is 0.273 e. The second-order valence-electron chi connectivity index (χ2n) is 4.38. The molecule has 0 aromatic heterocycles. The van der Waals surface area contributed by atoms with Gasteiger partial charge in [-0.15, -0.1) is 0 Å². The zero-order valence-electron chi connectivity index (χ0n) is 9.76. The molecule has 18 heavy (non-hydrogen) atoms. The molecule has 1 fully saturated rings. The topological polar surface area (TPSA) is 63.5 Å². The molecule has 0 saturated carbocycles. The lowest BCUT2D eigenvalue weighted by Crippen LogP contribution is -2.35. The number of nitrogens with zero attached hydrogens (tertiary/aromatic N) is 2. The van der Waals surface area contributed by atoms with Crippen LogP contribution in [0.4, 0.5) is 5.69 Å². The summed E-state index contributed by atoms with van der Waals surface area (Å²) < 4.78 is 0. The lowest BCUT2D eigenvalue weighted by molar-refractivity contribution is -0.385. The van der Waals surface area contributed by atoms with Crippen molar-refractivity contribution in [2.75, 3.05) is 13.1 Å². The molecule has 0 atom stereocenters. The monoisotopic (exact) mass is 268 g/mol. The molecule has 5 nitrogen and oxygen atoms in total. The lowest BCUT2D eigenvalue weighted by Gasteiger charge is -2.25. The molecule has 1 aromatic carbocycles. The van der Waals surface area contributed by atoms with E-state index in [1.54, 1.807) is 6.07 Å². The average molecular weight is 269 g/mol. The van der Waals surface area contributed by atoms with Gasteiger partial charge in [-0.2, -0.15) is 0 Å². The average Bonchev–Trinajstić information content (AvgIpc) is 2.28. The standard InChI is InChI=1S/C12H13ClN2O3/c13-10-3-4-12(15(17)18)9(6-10)7-14-5-1-2-11(16)8-14/h3-4,6H,1-2,5,7-8H2. The zero-order chi connectivity index (χ0) is 13.1. The van der Waals surface area contributed by atoms with E-state index in [0.29, 0.717) is 30.1 Å². The summed E-state index contributed by atoms with van der Waals surface area (Å²) in [4.78, 5) is 23.8. The number of carbonyl (C=O) groups is 1. The summed E-state index contributed by atoms with van der Waals surface area (Å²) in [5.74, 6) is 0.186. The highest BCUT2D eigenvalue weighted by Gasteiger charge is 2.21. The van der Waals surface area contributed by atoms with E-state index in [2.05, 4.69) is 0 Å². The second kappa shape index (κ2) is 5.46. The van der Waals surface area contributed by atoms with Crippen LogP contribution < -0.4 is 0 Å². The van der Waals surface area contributed by atoms with Crippen molar-refractivity contribution in [1.29, 1.82) is 0 Å². The molecule has 0 bridgehead atoms. The third-order valence-corrected chi connectivity index (χ3v) is 3.20. The van der Waals surface area contributed by atoms with E-state index in [1.807, 2.05) is 4.90 Å². The van der Waals surface area contributed by atoms with Crippen LogP contribution in [0.25, 0.3) is 0 Å². The number of hydrogen-bond donors (Lipinski definition) is 0. The summed E-state index contributed by atoms with van der Waals surface area (Å²) in [6.45, 7) is 1.54. The Hall–Kier alpha value is -1.46. The molecular weight excluding hydrogens is 256 g/mol. The van der Waals surface area contributed by atoms with Gasteiger partial charge in [0.05, 0.1) is 11.5 Å². The molecule has 96 valence electrons. The van der Waals surface area contributed by atoms with Crippen molar-refractivity contribution in [2.24, 2.45) is 0 Å². The maximum atomic E-state index is 11.3. The van der Waals surface area contributed by atoms with Gasteiger partial charge in [-0.3, -0.25) is 19.8 Å². The number of carbonyl (C=O) groups excluding carboxylic acids is 1. The van der Waals surface area contributed by atoms with Gasteiger partial charge in [0.25, 0.3) is 5.69 Å². The predicted octanol–water partition coefficient (Wildman–Crippen LogP) is 2.41. The van der Waals surface area contributed by atoms with E-state index >= 15 is 0 Å². The number of Topliss-reactive ketones (excluding diaryl/α,β-unsaturated/α-hetero) is 1. The van der Waals surface area contributed by atoms with Gasteiger partial charge < -0.3 is 0 Å². The Labute approximate surface area is 109 Å². The minimum Gasteiger partial charge on any atom is -0.298 e. The van der Waals surface area contributed by atoms with Crippen LogP contribution in [0.1, 0.15) is 18.4 Å². The van der Waals surface area contributed by atoms with Crippen LogP contribution in [0.3, 0.4) is 0 Å². The Bertz CT molecular complexity index is 490. The van der Waals surface area contributed by atoms with Crippen molar-refractivity contribution in [3.8, 4) is 0 Å². The van der Waals surface area contributed by atoms with Crippen molar-refractivity contribution in [3.05, 3.63) is 38.9 Å². The summed E-state index contributed by atoms with van der Waals surface area (Å²) in [6, 6.07) is 4.51. The van der Waals surface area contributed by atoms with Gasteiger partial charge in [-0.25, -0.2) is 0 Å². The first-order valence-corrected chi connectivity index (χ1v) is 6.11. The number of nitro benzene ring substituents is 1. The van der Waals surface area contributed by atoms with Crippen LogP contribution in [0.2, 0.25) is 5.02 Å². The van der Waals surface area contributed by atoms with Crippen molar-refractivity contribution in [3.63, 3.8) is 0 Å². The third kappa shape index (κ3) is 3.05. The number of ketones is 1. The Morgan fingerprint density at radius 2 is 2.22 bits per heavy atom. The number of benzene rings is 1. The predicted molar refractivity (Wildman–Crippen MR) is 67.6 cm³/mol. The van der Waals surface area contributed by atoms with Crippen molar-refractivity contribution >= 4 is 23.1 Å². The van der Waals surface area contributed by atoms with E-state index in [1.165, 1.54) is 12.1 Å². The molecule has 1 saturated heterocycles. The Morgan fingerprint density at radius 3 is 2.89 bits per heavy atom. The first-order chi connectivity index (χ1) is 8.56. The summed E-state index contributed by atoms with van der Waals surface area (Å²) in [5.41, 5.74) is 0.611. The smallest absolute Gasteiger partial charge is 0.273 e. The van der Waals surface area contributed by atoms with Gasteiger partial charge in [-0.1, -0.05) is 11.6 Å². The molecule has 0 amide bonds. The molecular formula is C12H13ClN2O3. The summed E-state index contributed by atoms with van der Waals surface area (Å²) in [7, 11) is 0. The lowest BCUT2D eigenvalue weighted by atomic mass is 10.1. The number of piperidine rings is 1. The minimum absolute atomic E-state index is 0.0532. The molecule has 1 heterocycles. The fraction of sp³-hybridized carbons (Fsp3) is 0.417. The van der Waals surface area contributed by atoms with E-state index in [0.717, 1.165) is 13.0 Å². The molecule has 0 spiro atoms. The fourth-order valence-electron chi connectivity index (χ4n) is 2.14. The van der Waals surface area contributed by atoms with Crippen LogP contribution in [-0.4, -0.2) is 28.7 Å². The van der Waals surface area contributed by atoms with Crippen LogP contribution in [0.5, 0.6) is 0 Å². The first kappa shape index (κ1) is 13.0. The molecule has 1 aliphatic heterocycles. The molecule has 1 aromatic rings. The molecule has 6 heteroatoms. The van der Waals surface area contributed by atoms with E-state index < -0.39 is 4.92 Å². The Balaban J connectivity index is 2.19. The normalized spacial score (nSPS) is 16.8. The second-order valence-corrected chi connectivity index (χ2v) is 4.82. The minimum atomic E-state index is -0.419. The van der Waals surface area contributed by atoms with Gasteiger partial charge in [0, 0.05) is 29.6 Å². The zero-order valence-corrected chi connectivity index (χ0v) is 10.5. The van der Waals surface area contributed by atoms with Crippen molar-refractivity contribution < 1.29 is 9.72 Å². The van der Waals surface area contributed by atoms with Gasteiger partial charge in [0.1, 0.15) is 5.78 Å². The van der Waals surface area contributed by atoms with E-state index in [4.69, 9.17) is 11.6 Å². The van der Waals surface area contributed by atoms with Crippen molar-refractivity contribution in [2.45, 2.75) is 19.4 Å². The summed E-state index contributed by atoms with van der Waals surface area (Å²) in [6.07, 6.45) is 1.42. The molecule has 1 aliphatic rings. The highest BCUT2D eigenvalue weighted by molar-refractivity contribution is 6.30. The fourth-order valence-corrected chi connectivity index (χ4v) is 2.34. The number of likely N-dealkylation sites (tertiary alicyclic amines) is 1.